The van der Waals surface area contributed by atoms with Gasteiger partial charge in [0.15, 0.2) is 0 Å². The van der Waals surface area contributed by atoms with Gasteiger partial charge in [-0.05, 0) is 47.2 Å². The van der Waals surface area contributed by atoms with Gasteiger partial charge in [0.05, 0.1) is 6.61 Å². The van der Waals surface area contributed by atoms with Gasteiger partial charge in [0.1, 0.15) is 0 Å². The molecule has 0 saturated heterocycles. The van der Waals surface area contributed by atoms with Gasteiger partial charge in [-0.25, -0.2) is 0 Å². The van der Waals surface area contributed by atoms with Crippen molar-refractivity contribution in [3.05, 3.63) is 76.9 Å². The molecule has 0 heterocycles. The van der Waals surface area contributed by atoms with E-state index in [0.29, 0.717) is 5.92 Å². The van der Waals surface area contributed by atoms with Crippen molar-refractivity contribution in [2.75, 3.05) is 0 Å². The molecule has 0 spiro atoms. The van der Waals surface area contributed by atoms with Crippen molar-refractivity contribution in [2.24, 2.45) is 5.92 Å². The minimum absolute atomic E-state index is 0. The van der Waals surface area contributed by atoms with Crippen molar-refractivity contribution in [1.29, 1.82) is 0 Å². The third-order valence-electron chi connectivity index (χ3n) is 4.65. The molecule has 4 heteroatoms. The Kier molecular flexibility index (Phi) is 10.0. The molecule has 2 aromatic rings. The quantitative estimate of drug-likeness (QED) is 0.610. The van der Waals surface area contributed by atoms with Crippen LogP contribution in [0.1, 0.15) is 31.9 Å². The Labute approximate surface area is 177 Å². The van der Waals surface area contributed by atoms with Crippen molar-refractivity contribution < 1.29 is 26.8 Å². The van der Waals surface area contributed by atoms with Gasteiger partial charge >= 0.3 is 0 Å². The van der Waals surface area contributed by atoms with Crippen LogP contribution in [0.5, 0.6) is 0 Å². The molecule has 0 fully saturated rings. The van der Waals surface area contributed by atoms with Crippen molar-refractivity contribution in [3.63, 3.8) is 0 Å². The van der Waals surface area contributed by atoms with E-state index in [4.69, 9.17) is 0 Å². The van der Waals surface area contributed by atoms with Crippen molar-refractivity contribution in [1.82, 2.24) is 0 Å². The normalized spacial score (nSPS) is 15.7. The average molecular weight is 411 g/mol. The Bertz CT molecular complexity index is 781. The molecule has 132 valence electrons. The van der Waals surface area contributed by atoms with Crippen LogP contribution in [-0.4, -0.2) is 5.11 Å². The molecule has 1 N–H and O–H groups in total. The molecule has 2 aromatic carbocycles. The monoisotopic (exact) mass is 410 g/mol. The summed E-state index contributed by atoms with van der Waals surface area (Å²) in [6.45, 7) is 6.71. The van der Waals surface area contributed by atoms with E-state index < -0.39 is 0 Å². The van der Waals surface area contributed by atoms with Crippen LogP contribution in [0.15, 0.2) is 65.8 Å². The van der Waals surface area contributed by atoms with Crippen LogP contribution in [0, 0.1) is 5.92 Å². The molecular formula is C21H24Cl2OTi. The first kappa shape index (κ1) is 24.2. The molecule has 0 radical (unpaired) electrons. The summed E-state index contributed by atoms with van der Waals surface area (Å²) in [5, 5.41) is 9.66. The average Bonchev–Trinajstić information content (AvgIpc) is 2.80. The number of hydrogen-bond donors (Lipinski definition) is 1. The Morgan fingerprint density at radius 2 is 1.36 bits per heavy atom. The molecule has 25 heavy (non-hydrogen) atoms. The summed E-state index contributed by atoms with van der Waals surface area (Å²) >= 11 is 0. The van der Waals surface area contributed by atoms with E-state index in [9.17, 15) is 5.11 Å². The summed E-state index contributed by atoms with van der Waals surface area (Å²) in [6.07, 6.45) is 2.33. The van der Waals surface area contributed by atoms with E-state index in [1.807, 2.05) is 18.2 Å². The summed E-state index contributed by atoms with van der Waals surface area (Å²) in [7, 11) is 0. The van der Waals surface area contributed by atoms with Gasteiger partial charge in [-0.2, -0.15) is 0 Å². The van der Waals surface area contributed by atoms with Gasteiger partial charge in [-0.1, -0.05) is 67.1 Å². The zero-order valence-corrected chi connectivity index (χ0v) is 17.9. The topological polar surface area (TPSA) is 20.2 Å². The van der Waals surface area contributed by atoms with Crippen LogP contribution in [0.2, 0.25) is 0 Å². The number of allylic oxidation sites excluding steroid dienone is 4. The summed E-state index contributed by atoms with van der Waals surface area (Å²) < 4.78 is 0. The smallest absolute Gasteiger partial charge is 0.0687 e. The van der Waals surface area contributed by atoms with Crippen molar-refractivity contribution in [3.8, 4) is 11.1 Å². The Morgan fingerprint density at radius 1 is 0.840 bits per heavy atom. The first-order chi connectivity index (χ1) is 10.6. The van der Waals surface area contributed by atoms with Gasteiger partial charge in [0, 0.05) is 27.6 Å². The van der Waals surface area contributed by atoms with Crippen molar-refractivity contribution >= 4 is 30.4 Å². The first-order valence-electron chi connectivity index (χ1n) is 7.81. The number of benzene rings is 2. The molecule has 1 atom stereocenters. The van der Waals surface area contributed by atoms with Gasteiger partial charge in [-0.3, -0.25) is 0 Å². The second-order valence-electron chi connectivity index (χ2n) is 6.04. The maximum Gasteiger partial charge on any atom is 0.0687 e. The summed E-state index contributed by atoms with van der Waals surface area (Å²) in [5.41, 5.74) is 8.73. The number of aliphatic hydroxyl groups excluding tert-OH is 1. The fraction of sp³-hybridized carbons (Fsp3) is 0.238. The maximum atomic E-state index is 9.66. The second kappa shape index (κ2) is 10.4. The number of halogens is 2. The second-order valence-corrected chi connectivity index (χ2v) is 6.04. The maximum absolute atomic E-state index is 9.66. The van der Waals surface area contributed by atoms with Crippen LogP contribution in [-0.2, 0) is 28.3 Å². The van der Waals surface area contributed by atoms with Crippen LogP contribution >= 0.6 is 24.8 Å². The van der Waals surface area contributed by atoms with E-state index in [0.717, 1.165) is 11.1 Å². The van der Waals surface area contributed by atoms with E-state index in [-0.39, 0.29) is 53.1 Å². The van der Waals surface area contributed by atoms with Gasteiger partial charge in [0.25, 0.3) is 0 Å². The van der Waals surface area contributed by atoms with E-state index in [2.05, 4.69) is 57.2 Å². The predicted octanol–water partition coefficient (Wildman–Crippen LogP) is 6.06. The molecule has 0 saturated carbocycles. The first-order valence-corrected chi connectivity index (χ1v) is 7.81. The third-order valence-corrected chi connectivity index (χ3v) is 4.65. The Balaban J connectivity index is 0.00000192. The minimum Gasteiger partial charge on any atom is -0.392 e. The minimum atomic E-state index is 0. The molecule has 0 bridgehead atoms. The summed E-state index contributed by atoms with van der Waals surface area (Å²) in [4.78, 5) is 0. The predicted molar refractivity (Wildman–Crippen MR) is 108 cm³/mol. The molecular weight excluding hydrogens is 387 g/mol. The summed E-state index contributed by atoms with van der Waals surface area (Å²) in [6, 6.07) is 16.6. The van der Waals surface area contributed by atoms with Gasteiger partial charge in [-0.15, -0.1) is 24.8 Å². The van der Waals surface area contributed by atoms with E-state index in [1.54, 1.807) is 0 Å². The zero-order chi connectivity index (χ0) is 15.7. The third kappa shape index (κ3) is 4.67. The molecule has 0 amide bonds. The molecule has 1 unspecified atom stereocenters. The molecule has 3 rings (SSSR count). The fourth-order valence-electron chi connectivity index (χ4n) is 3.46. The number of rotatable bonds is 3. The summed E-state index contributed by atoms with van der Waals surface area (Å²) in [5.74, 6) is 0.433. The number of hydrogen-bond acceptors (Lipinski definition) is 1. The molecule has 0 aromatic heterocycles. The Morgan fingerprint density at radius 3 is 1.88 bits per heavy atom. The zero-order valence-electron chi connectivity index (χ0n) is 14.7. The van der Waals surface area contributed by atoms with Crippen LogP contribution in [0.25, 0.3) is 16.7 Å². The molecule has 1 nitrogen and oxygen atoms in total. The SMILES string of the molecule is CC1=CC(C)C(c2ccccc2-c2ccccc2CO)=C1C.Cl.Cl.[Ti]. The molecule has 0 aliphatic heterocycles. The van der Waals surface area contributed by atoms with Crippen LogP contribution < -0.4 is 0 Å². The molecule has 1 aliphatic carbocycles. The van der Waals surface area contributed by atoms with Gasteiger partial charge in [0.2, 0.25) is 0 Å². The molecule has 1 aliphatic rings. The van der Waals surface area contributed by atoms with Crippen LogP contribution in [0.4, 0.5) is 0 Å². The number of aliphatic hydroxyl groups is 1. The Hall–Kier alpha value is -0.826. The van der Waals surface area contributed by atoms with E-state index >= 15 is 0 Å². The van der Waals surface area contributed by atoms with Crippen molar-refractivity contribution in [2.45, 2.75) is 27.4 Å². The largest absolute Gasteiger partial charge is 0.392 e. The fourth-order valence-corrected chi connectivity index (χ4v) is 3.46. The van der Waals surface area contributed by atoms with Crippen LogP contribution in [0.3, 0.4) is 0 Å². The van der Waals surface area contributed by atoms with Gasteiger partial charge < -0.3 is 5.11 Å². The standard InChI is InChI=1S/C21H22O.2ClH.Ti/c1-14-12-15(2)21(16(14)3)20-11-7-6-10-19(20)18-9-5-4-8-17(18)13-22;;;/h4-12,15,22H,13H2,1-3H3;2*1H;. The van der Waals surface area contributed by atoms with E-state index in [1.165, 1.54) is 27.8 Å².